The lowest BCUT2D eigenvalue weighted by Gasteiger charge is -2.22. The Morgan fingerprint density at radius 3 is 2.65 bits per heavy atom. The molecule has 0 aliphatic rings. The second kappa shape index (κ2) is 6.44. The third kappa shape index (κ3) is 4.19. The van der Waals surface area contributed by atoms with Gasteiger partial charge in [-0.15, -0.1) is 11.3 Å². The number of thiophene rings is 1. The molecule has 0 saturated carbocycles. The molecule has 20 heavy (non-hydrogen) atoms. The maximum absolute atomic E-state index is 12.2. The molecule has 0 spiro atoms. The highest BCUT2D eigenvalue weighted by atomic mass is 32.2. The van der Waals surface area contributed by atoms with Crippen molar-refractivity contribution < 1.29 is 23.4 Å². The first-order chi connectivity index (χ1) is 9.10. The first-order valence-electron chi connectivity index (χ1n) is 5.63. The van der Waals surface area contributed by atoms with Gasteiger partial charge in [-0.3, -0.25) is 0 Å². The molecule has 0 bridgehead atoms. The molecular weight excluding hydrogens is 322 g/mol. The van der Waals surface area contributed by atoms with Gasteiger partial charge in [0.1, 0.15) is 9.77 Å². The molecule has 1 unspecified atom stereocenters. The number of aryl methyl sites for hydroxylation is 1. The van der Waals surface area contributed by atoms with Crippen molar-refractivity contribution in [3.8, 4) is 0 Å². The molecular formula is C11H17NO5S3. The minimum absolute atomic E-state index is 0.176. The Morgan fingerprint density at radius 2 is 2.15 bits per heavy atom. The van der Waals surface area contributed by atoms with Crippen molar-refractivity contribution in [2.75, 3.05) is 18.6 Å². The van der Waals surface area contributed by atoms with Crippen LogP contribution in [0.15, 0.2) is 10.3 Å². The van der Waals surface area contributed by atoms with Crippen molar-refractivity contribution in [2.45, 2.75) is 24.3 Å². The summed E-state index contributed by atoms with van der Waals surface area (Å²) < 4.78 is 26.7. The molecule has 0 fully saturated rings. The predicted molar refractivity (Wildman–Crippen MR) is 80.2 cm³/mol. The SMILES string of the molecule is CSCC(C)(O)CNS(=O)(=O)c1c(C)csc1C(=O)O. The maximum Gasteiger partial charge on any atom is 0.347 e. The third-order valence-electron chi connectivity index (χ3n) is 2.48. The van der Waals surface area contributed by atoms with Gasteiger partial charge >= 0.3 is 5.97 Å². The molecule has 6 nitrogen and oxygen atoms in total. The highest BCUT2D eigenvalue weighted by Crippen LogP contribution is 2.27. The summed E-state index contributed by atoms with van der Waals surface area (Å²) in [6, 6.07) is 0. The Labute approximate surface area is 126 Å². The fourth-order valence-electron chi connectivity index (χ4n) is 1.60. The van der Waals surface area contributed by atoms with Gasteiger partial charge in [0.25, 0.3) is 0 Å². The van der Waals surface area contributed by atoms with Crippen molar-refractivity contribution in [1.29, 1.82) is 0 Å². The Bertz CT molecular complexity index is 591. The number of hydrogen-bond donors (Lipinski definition) is 3. The molecule has 3 N–H and O–H groups in total. The van der Waals surface area contributed by atoms with E-state index in [4.69, 9.17) is 5.11 Å². The van der Waals surface area contributed by atoms with Crippen LogP contribution in [0.1, 0.15) is 22.2 Å². The number of carboxylic acid groups (broad SMARTS) is 1. The van der Waals surface area contributed by atoms with E-state index >= 15 is 0 Å². The standard InChI is InChI=1S/C11H17NO5S3/c1-7-4-19-8(10(13)14)9(7)20(16,17)12-5-11(2,15)6-18-3/h4,12,15H,5-6H2,1-3H3,(H,13,14). The van der Waals surface area contributed by atoms with E-state index in [1.165, 1.54) is 31.0 Å². The highest BCUT2D eigenvalue weighted by molar-refractivity contribution is 7.98. The first-order valence-corrected chi connectivity index (χ1v) is 9.39. The van der Waals surface area contributed by atoms with E-state index in [9.17, 15) is 18.3 Å². The molecule has 9 heteroatoms. The molecule has 0 aromatic carbocycles. The second-order valence-corrected chi connectivity index (χ2v) is 8.09. The summed E-state index contributed by atoms with van der Waals surface area (Å²) in [7, 11) is -3.96. The molecule has 114 valence electrons. The van der Waals surface area contributed by atoms with Gasteiger partial charge < -0.3 is 10.2 Å². The van der Waals surface area contributed by atoms with E-state index in [-0.39, 0.29) is 16.3 Å². The van der Waals surface area contributed by atoms with Crippen molar-refractivity contribution in [1.82, 2.24) is 4.72 Å². The van der Waals surface area contributed by atoms with Crippen molar-refractivity contribution in [2.24, 2.45) is 0 Å². The van der Waals surface area contributed by atoms with E-state index in [1.807, 2.05) is 0 Å². The summed E-state index contributed by atoms with van der Waals surface area (Å²) >= 11 is 2.26. The fourth-order valence-corrected chi connectivity index (χ4v) is 5.11. The number of thioether (sulfide) groups is 1. The molecule has 0 saturated heterocycles. The molecule has 1 aromatic heterocycles. The van der Waals surface area contributed by atoms with Gasteiger partial charge in [0, 0.05) is 12.3 Å². The van der Waals surface area contributed by atoms with Crippen LogP contribution in [0, 0.1) is 6.92 Å². The average molecular weight is 339 g/mol. The monoisotopic (exact) mass is 339 g/mol. The lowest BCUT2D eigenvalue weighted by molar-refractivity contribution is 0.0698. The number of aliphatic hydroxyl groups is 1. The summed E-state index contributed by atoms with van der Waals surface area (Å²) in [5.41, 5.74) is -0.816. The largest absolute Gasteiger partial charge is 0.477 e. The second-order valence-electron chi connectivity index (χ2n) is 4.64. The third-order valence-corrected chi connectivity index (χ3v) is 6.19. The van der Waals surface area contributed by atoms with Crippen molar-refractivity contribution >= 4 is 39.1 Å². The minimum atomic E-state index is -3.96. The lowest BCUT2D eigenvalue weighted by atomic mass is 10.1. The Hall–Kier alpha value is -0.610. The van der Waals surface area contributed by atoms with E-state index in [2.05, 4.69) is 4.72 Å². The smallest absolute Gasteiger partial charge is 0.347 e. The van der Waals surface area contributed by atoms with Gasteiger partial charge in [-0.1, -0.05) is 0 Å². The maximum atomic E-state index is 12.2. The quantitative estimate of drug-likeness (QED) is 0.688. The molecule has 0 aliphatic heterocycles. The molecule has 1 atom stereocenters. The number of carbonyl (C=O) groups is 1. The molecule has 0 radical (unpaired) electrons. The summed E-state index contributed by atoms with van der Waals surface area (Å²) in [6.07, 6.45) is 1.80. The number of aromatic carboxylic acids is 1. The summed E-state index contributed by atoms with van der Waals surface area (Å²) in [4.78, 5) is 10.6. The van der Waals surface area contributed by atoms with Crippen LogP contribution in [0.2, 0.25) is 0 Å². The van der Waals surface area contributed by atoms with E-state index in [0.717, 1.165) is 11.3 Å². The van der Waals surface area contributed by atoms with Crippen LogP contribution < -0.4 is 4.72 Å². The Morgan fingerprint density at radius 1 is 1.55 bits per heavy atom. The Kier molecular flexibility index (Phi) is 5.61. The van der Waals surface area contributed by atoms with Gasteiger partial charge in [-0.25, -0.2) is 17.9 Å². The van der Waals surface area contributed by atoms with Gasteiger partial charge in [0.2, 0.25) is 10.0 Å². The van der Waals surface area contributed by atoms with Crippen LogP contribution in [-0.4, -0.2) is 48.8 Å². The summed E-state index contributed by atoms with van der Waals surface area (Å²) in [5, 5.41) is 20.5. The van der Waals surface area contributed by atoms with E-state index in [0.29, 0.717) is 11.3 Å². The number of carboxylic acids is 1. The van der Waals surface area contributed by atoms with Gasteiger partial charge in [0.05, 0.1) is 5.60 Å². The van der Waals surface area contributed by atoms with Crippen molar-refractivity contribution in [3.63, 3.8) is 0 Å². The predicted octanol–water partition coefficient (Wildman–Crippen LogP) is 1.15. The summed E-state index contributed by atoms with van der Waals surface area (Å²) in [5.74, 6) is -0.913. The van der Waals surface area contributed by atoms with Crippen molar-refractivity contribution in [3.05, 3.63) is 15.8 Å². The van der Waals surface area contributed by atoms with Crippen LogP contribution in [0.5, 0.6) is 0 Å². The highest BCUT2D eigenvalue weighted by Gasteiger charge is 2.29. The Balaban J connectivity index is 3.01. The minimum Gasteiger partial charge on any atom is -0.477 e. The number of nitrogens with one attached hydrogen (secondary N) is 1. The number of sulfonamides is 1. The molecule has 1 rings (SSSR count). The zero-order chi connectivity index (χ0) is 15.6. The number of hydrogen-bond acceptors (Lipinski definition) is 6. The molecule has 0 aliphatic carbocycles. The van der Waals surface area contributed by atoms with Gasteiger partial charge in [-0.2, -0.15) is 11.8 Å². The molecule has 1 heterocycles. The average Bonchev–Trinajstić information content (AvgIpc) is 2.70. The fraction of sp³-hybridized carbons (Fsp3) is 0.545. The van der Waals surface area contributed by atoms with Crippen LogP contribution >= 0.6 is 23.1 Å². The topological polar surface area (TPSA) is 104 Å². The first kappa shape index (κ1) is 17.4. The summed E-state index contributed by atoms with van der Waals surface area (Å²) in [6.45, 7) is 2.88. The van der Waals surface area contributed by atoms with Gasteiger partial charge in [-0.05, 0) is 31.0 Å². The van der Waals surface area contributed by atoms with E-state index in [1.54, 1.807) is 6.26 Å². The van der Waals surface area contributed by atoms with E-state index < -0.39 is 21.6 Å². The van der Waals surface area contributed by atoms with Gasteiger partial charge in [0.15, 0.2) is 0 Å². The van der Waals surface area contributed by atoms with Crippen LogP contribution in [0.3, 0.4) is 0 Å². The van der Waals surface area contributed by atoms with Crippen LogP contribution in [-0.2, 0) is 10.0 Å². The normalized spacial score (nSPS) is 15.0. The molecule has 1 aromatic rings. The van der Waals surface area contributed by atoms with Crippen LogP contribution in [0.25, 0.3) is 0 Å². The molecule has 0 amide bonds. The van der Waals surface area contributed by atoms with Crippen LogP contribution in [0.4, 0.5) is 0 Å². The number of rotatable bonds is 7. The lowest BCUT2D eigenvalue weighted by Crippen LogP contribution is -2.42. The zero-order valence-electron chi connectivity index (χ0n) is 11.3. The zero-order valence-corrected chi connectivity index (χ0v) is 13.8.